The fourth-order valence-electron chi connectivity index (χ4n) is 4.26. The molecule has 0 saturated heterocycles. The Balaban J connectivity index is 1.52. The summed E-state index contributed by atoms with van der Waals surface area (Å²) in [7, 11) is 0. The lowest BCUT2D eigenvalue weighted by Gasteiger charge is -2.13. The van der Waals surface area contributed by atoms with Crippen molar-refractivity contribution < 1.29 is 22.8 Å². The van der Waals surface area contributed by atoms with Crippen molar-refractivity contribution >= 4 is 29.0 Å². The molecule has 1 atom stereocenters. The molecule has 4 aromatic rings. The van der Waals surface area contributed by atoms with Gasteiger partial charge in [0.2, 0.25) is 5.91 Å². The van der Waals surface area contributed by atoms with E-state index in [4.69, 9.17) is 11.0 Å². The van der Waals surface area contributed by atoms with Crippen molar-refractivity contribution in [2.75, 3.05) is 18.4 Å². The quantitative estimate of drug-likeness (QED) is 0.196. The molecule has 3 aromatic heterocycles. The molecule has 0 saturated carbocycles. The second kappa shape index (κ2) is 12.7. The van der Waals surface area contributed by atoms with Crippen molar-refractivity contribution in [2.24, 2.45) is 5.73 Å². The number of anilines is 2. The largest absolute Gasteiger partial charge is 0.435 e. The Labute approximate surface area is 238 Å². The van der Waals surface area contributed by atoms with Crippen molar-refractivity contribution in [3.05, 3.63) is 59.8 Å². The molecule has 4 rings (SSSR count). The van der Waals surface area contributed by atoms with Crippen LogP contribution in [0.4, 0.5) is 24.7 Å². The molecule has 3 heterocycles. The van der Waals surface area contributed by atoms with Crippen LogP contribution in [0.2, 0.25) is 0 Å². The highest BCUT2D eigenvalue weighted by atomic mass is 19.4. The molecule has 0 aliphatic rings. The van der Waals surface area contributed by atoms with E-state index in [0.717, 1.165) is 16.4 Å². The summed E-state index contributed by atoms with van der Waals surface area (Å²) in [6.45, 7) is 3.91. The highest BCUT2D eigenvalue weighted by Crippen LogP contribution is 2.37. The molecule has 15 heteroatoms. The SMILES string of the molecule is CCc1cc(Nc2nccn3c(-c4cn(CC#N)nc4C(F)(F)F)cnc23)ccc1C(=O)NCCCNC(=O)[C@H](C)N. The molecule has 220 valence electrons. The molecule has 0 aliphatic heterocycles. The van der Waals surface area contributed by atoms with Crippen LogP contribution in [-0.4, -0.2) is 55.1 Å². The van der Waals surface area contributed by atoms with Crippen LogP contribution in [-0.2, 0) is 23.9 Å². The van der Waals surface area contributed by atoms with E-state index >= 15 is 0 Å². The third-order valence-electron chi connectivity index (χ3n) is 6.31. The van der Waals surface area contributed by atoms with Crippen LogP contribution >= 0.6 is 0 Å². The van der Waals surface area contributed by atoms with Crippen LogP contribution in [0.3, 0.4) is 0 Å². The molecule has 0 aliphatic carbocycles. The zero-order chi connectivity index (χ0) is 30.4. The monoisotopic (exact) mass is 582 g/mol. The molecule has 0 spiro atoms. The number of rotatable bonds is 11. The number of alkyl halides is 3. The summed E-state index contributed by atoms with van der Waals surface area (Å²) in [6, 6.07) is 6.34. The first-order valence-corrected chi connectivity index (χ1v) is 13.1. The molecular weight excluding hydrogens is 553 g/mol. The number of nitrogens with two attached hydrogens (primary N) is 1. The Morgan fingerprint density at radius 3 is 2.64 bits per heavy atom. The summed E-state index contributed by atoms with van der Waals surface area (Å²) in [4.78, 5) is 32.9. The molecule has 0 bridgehead atoms. The first-order chi connectivity index (χ1) is 20.0. The number of benzene rings is 1. The van der Waals surface area contributed by atoms with E-state index in [-0.39, 0.29) is 41.1 Å². The second-order valence-electron chi connectivity index (χ2n) is 9.40. The van der Waals surface area contributed by atoms with Gasteiger partial charge in [0, 0.05) is 42.9 Å². The first-order valence-electron chi connectivity index (χ1n) is 13.1. The van der Waals surface area contributed by atoms with Gasteiger partial charge in [0.25, 0.3) is 5.91 Å². The summed E-state index contributed by atoms with van der Waals surface area (Å²) >= 11 is 0. The smallest absolute Gasteiger partial charge is 0.355 e. The van der Waals surface area contributed by atoms with Gasteiger partial charge in [-0.2, -0.15) is 23.5 Å². The third kappa shape index (κ3) is 6.66. The van der Waals surface area contributed by atoms with Gasteiger partial charge in [0.1, 0.15) is 6.54 Å². The molecule has 0 radical (unpaired) electrons. The molecule has 12 nitrogen and oxygen atoms in total. The number of fused-ring (bicyclic) bond motifs is 1. The molecule has 0 unspecified atom stereocenters. The standard InChI is InChI=1S/C27H29F3N10O2/c1-3-17-13-18(5-6-19(17)26(42)35-9-4-8-34-25(41)16(2)32)37-23-24-36-14-21(40(24)12-10-33-23)20-15-39(11-7-31)38-22(20)27(28,29)30/h5-6,10,12-16H,3-4,8-9,11,32H2,1-2H3,(H,33,37)(H,34,41)(H,35,42)/t16-/m0/s1. The van der Waals surface area contributed by atoms with Gasteiger partial charge in [0.05, 0.1) is 29.6 Å². The third-order valence-corrected chi connectivity index (χ3v) is 6.31. The Morgan fingerprint density at radius 1 is 1.19 bits per heavy atom. The molecule has 0 fully saturated rings. The number of carbonyl (C=O) groups excluding carboxylic acids is 2. The number of nitrogens with zero attached hydrogens (tertiary/aromatic N) is 6. The summed E-state index contributed by atoms with van der Waals surface area (Å²) in [5.74, 6) is -0.227. The maximum atomic E-state index is 13.7. The Morgan fingerprint density at radius 2 is 1.95 bits per heavy atom. The van der Waals surface area contributed by atoms with Gasteiger partial charge in [-0.15, -0.1) is 0 Å². The van der Waals surface area contributed by atoms with Gasteiger partial charge in [-0.3, -0.25) is 18.7 Å². The van der Waals surface area contributed by atoms with Gasteiger partial charge < -0.3 is 21.7 Å². The number of nitrogens with one attached hydrogen (secondary N) is 3. The lowest BCUT2D eigenvalue weighted by atomic mass is 10.0. The van der Waals surface area contributed by atoms with Crippen molar-refractivity contribution in [3.63, 3.8) is 0 Å². The Bertz CT molecular complexity index is 1640. The number of hydrogen-bond donors (Lipinski definition) is 4. The van der Waals surface area contributed by atoms with Crippen LogP contribution in [0.15, 0.2) is 43.0 Å². The predicted octanol–water partition coefficient (Wildman–Crippen LogP) is 3.02. The minimum absolute atomic E-state index is 0.130. The van der Waals surface area contributed by atoms with Gasteiger partial charge >= 0.3 is 6.18 Å². The number of halogens is 3. The average molecular weight is 583 g/mol. The summed E-state index contributed by atoms with van der Waals surface area (Å²) in [5, 5.41) is 21.1. The minimum Gasteiger partial charge on any atom is -0.355 e. The van der Waals surface area contributed by atoms with Crippen molar-refractivity contribution in [1.29, 1.82) is 5.26 Å². The molecule has 2 amide bonds. The molecular formula is C27H29F3N10O2. The fraction of sp³-hybridized carbons (Fsp3) is 0.333. The van der Waals surface area contributed by atoms with Crippen molar-refractivity contribution in [2.45, 2.75) is 45.5 Å². The summed E-state index contributed by atoms with van der Waals surface area (Å²) < 4.78 is 43.5. The zero-order valence-corrected chi connectivity index (χ0v) is 22.9. The topological polar surface area (TPSA) is 168 Å². The number of hydrogen-bond acceptors (Lipinski definition) is 8. The van der Waals surface area contributed by atoms with Crippen LogP contribution in [0.5, 0.6) is 0 Å². The van der Waals surface area contributed by atoms with Crippen LogP contribution in [0.1, 0.15) is 41.9 Å². The van der Waals surface area contributed by atoms with E-state index in [2.05, 4.69) is 31.0 Å². The lowest BCUT2D eigenvalue weighted by molar-refractivity contribution is -0.141. The maximum Gasteiger partial charge on any atom is 0.435 e. The van der Waals surface area contributed by atoms with Crippen LogP contribution in [0, 0.1) is 11.3 Å². The second-order valence-corrected chi connectivity index (χ2v) is 9.40. The van der Waals surface area contributed by atoms with Gasteiger partial charge in [-0.05, 0) is 43.5 Å². The highest BCUT2D eigenvalue weighted by molar-refractivity contribution is 5.96. The number of aryl methyl sites for hydroxylation is 1. The minimum atomic E-state index is -4.74. The summed E-state index contributed by atoms with van der Waals surface area (Å²) in [5.41, 5.74) is 6.42. The molecule has 5 N–H and O–H groups in total. The fourth-order valence-corrected chi connectivity index (χ4v) is 4.26. The van der Waals surface area contributed by atoms with Gasteiger partial charge in [-0.25, -0.2) is 9.97 Å². The zero-order valence-electron chi connectivity index (χ0n) is 22.9. The molecule has 42 heavy (non-hydrogen) atoms. The summed E-state index contributed by atoms with van der Waals surface area (Å²) in [6.07, 6.45) is 1.72. The van der Waals surface area contributed by atoms with Crippen LogP contribution in [0.25, 0.3) is 16.9 Å². The number of nitriles is 1. The lowest BCUT2D eigenvalue weighted by Crippen LogP contribution is -2.39. The number of carbonyl (C=O) groups is 2. The molecule has 1 aromatic carbocycles. The predicted molar refractivity (Wildman–Crippen MR) is 148 cm³/mol. The van der Waals surface area contributed by atoms with Crippen molar-refractivity contribution in [1.82, 2.24) is 34.8 Å². The van der Waals surface area contributed by atoms with E-state index in [9.17, 15) is 22.8 Å². The van der Waals surface area contributed by atoms with Crippen LogP contribution < -0.4 is 21.7 Å². The van der Waals surface area contributed by atoms with E-state index in [1.807, 2.05) is 6.92 Å². The van der Waals surface area contributed by atoms with E-state index < -0.39 is 17.9 Å². The Kier molecular flexibility index (Phi) is 9.06. The van der Waals surface area contributed by atoms with E-state index in [1.54, 1.807) is 31.2 Å². The number of imidazole rings is 1. The normalized spacial score (nSPS) is 12.1. The van der Waals surface area contributed by atoms with Gasteiger partial charge in [0.15, 0.2) is 17.2 Å². The Hall–Kier alpha value is -4.97. The average Bonchev–Trinajstić information content (AvgIpc) is 3.57. The highest BCUT2D eigenvalue weighted by Gasteiger charge is 2.38. The first kappa shape index (κ1) is 30.0. The van der Waals surface area contributed by atoms with Crippen molar-refractivity contribution in [3.8, 4) is 17.3 Å². The number of amides is 2. The van der Waals surface area contributed by atoms with E-state index in [1.165, 1.54) is 23.0 Å². The maximum absolute atomic E-state index is 13.7. The van der Waals surface area contributed by atoms with E-state index in [0.29, 0.717) is 37.2 Å². The number of aromatic nitrogens is 5. The van der Waals surface area contributed by atoms with Gasteiger partial charge in [-0.1, -0.05) is 6.92 Å².